The van der Waals surface area contributed by atoms with Gasteiger partial charge in [-0.05, 0) is 37.4 Å². The van der Waals surface area contributed by atoms with Crippen molar-refractivity contribution in [2.24, 2.45) is 5.92 Å². The summed E-state index contributed by atoms with van der Waals surface area (Å²) in [6, 6.07) is 3.52. The van der Waals surface area contributed by atoms with E-state index in [1.807, 2.05) is 0 Å². The molecule has 0 aromatic heterocycles. The lowest BCUT2D eigenvalue weighted by Gasteiger charge is -2.33. The first-order chi connectivity index (χ1) is 9.97. The summed E-state index contributed by atoms with van der Waals surface area (Å²) in [7, 11) is 0. The highest BCUT2D eigenvalue weighted by Gasteiger charge is 2.26. The smallest absolute Gasteiger partial charge is 0.256 e. The predicted octanol–water partition coefficient (Wildman–Crippen LogP) is 2.82. The zero-order valence-corrected chi connectivity index (χ0v) is 12.5. The average molecular weight is 296 g/mol. The molecule has 0 spiro atoms. The van der Waals surface area contributed by atoms with Crippen LogP contribution < -0.4 is 5.32 Å². The maximum atomic E-state index is 13.7. The minimum atomic E-state index is -0.789. The number of hydrogen-bond acceptors (Lipinski definition) is 2. The number of piperidine rings is 1. The fraction of sp³-hybridized carbons (Fsp3) is 0.562. The van der Waals surface area contributed by atoms with Gasteiger partial charge < -0.3 is 10.2 Å². The first-order valence-corrected chi connectivity index (χ1v) is 7.45. The van der Waals surface area contributed by atoms with Gasteiger partial charge in [-0.1, -0.05) is 13.8 Å². The molecule has 0 bridgehead atoms. The Morgan fingerprint density at radius 2 is 2.19 bits per heavy atom. The monoisotopic (exact) mass is 296 g/mol. The zero-order valence-electron chi connectivity index (χ0n) is 12.5. The van der Waals surface area contributed by atoms with Gasteiger partial charge in [0.2, 0.25) is 0 Å². The number of likely N-dealkylation sites (tertiary alicyclic amines) is 1. The Hall–Kier alpha value is -1.49. The van der Waals surface area contributed by atoms with Crippen LogP contribution in [0.2, 0.25) is 0 Å². The second kappa shape index (κ2) is 6.98. The second-order valence-corrected chi connectivity index (χ2v) is 5.95. The molecule has 1 atom stereocenters. The van der Waals surface area contributed by atoms with Crippen molar-refractivity contribution in [1.29, 1.82) is 0 Å². The van der Waals surface area contributed by atoms with E-state index < -0.39 is 11.6 Å². The van der Waals surface area contributed by atoms with Gasteiger partial charge in [-0.2, -0.15) is 0 Å². The van der Waals surface area contributed by atoms with Crippen molar-refractivity contribution in [3.05, 3.63) is 35.4 Å². The lowest BCUT2D eigenvalue weighted by Crippen LogP contribution is -2.44. The summed E-state index contributed by atoms with van der Waals surface area (Å²) in [5, 5.41) is 3.37. The van der Waals surface area contributed by atoms with Crippen LogP contribution in [0.25, 0.3) is 0 Å². The van der Waals surface area contributed by atoms with Crippen LogP contribution in [0.1, 0.15) is 37.0 Å². The van der Waals surface area contributed by atoms with Crippen LogP contribution in [-0.2, 0) is 0 Å². The Morgan fingerprint density at radius 3 is 2.86 bits per heavy atom. The minimum absolute atomic E-state index is 0.0473. The van der Waals surface area contributed by atoms with Crippen molar-refractivity contribution < 1.29 is 13.6 Å². The van der Waals surface area contributed by atoms with Crippen LogP contribution in [0.4, 0.5) is 8.78 Å². The molecule has 1 aliphatic heterocycles. The lowest BCUT2D eigenvalue weighted by molar-refractivity contribution is 0.0667. The first kappa shape index (κ1) is 15.9. The molecule has 21 heavy (non-hydrogen) atoms. The highest BCUT2D eigenvalue weighted by atomic mass is 19.1. The molecule has 2 rings (SSSR count). The second-order valence-electron chi connectivity index (χ2n) is 5.95. The fourth-order valence-corrected chi connectivity index (χ4v) is 2.65. The third-order valence-corrected chi connectivity index (χ3v) is 3.78. The third-order valence-electron chi connectivity index (χ3n) is 3.78. The van der Waals surface area contributed by atoms with Gasteiger partial charge in [0.15, 0.2) is 0 Å². The molecule has 5 heteroatoms. The quantitative estimate of drug-likeness (QED) is 0.926. The lowest BCUT2D eigenvalue weighted by atomic mass is 9.97. The highest BCUT2D eigenvalue weighted by Crippen LogP contribution is 2.20. The Bertz CT molecular complexity index is 505. The molecule has 0 aliphatic carbocycles. The number of carbonyl (C=O) groups is 1. The average Bonchev–Trinajstić information content (AvgIpc) is 2.45. The van der Waals surface area contributed by atoms with E-state index in [0.29, 0.717) is 25.0 Å². The largest absolute Gasteiger partial charge is 0.338 e. The van der Waals surface area contributed by atoms with Crippen LogP contribution in [0, 0.1) is 17.6 Å². The standard InChI is InChI=1S/C16H22F2N2O/c1-11(2)19-9-12-4-3-7-20(10-12)16(21)14-6-5-13(17)8-15(14)18/h5-6,8,11-12,19H,3-4,7,9-10H2,1-2H3. The zero-order chi connectivity index (χ0) is 15.4. The van der Waals surface area contributed by atoms with E-state index in [0.717, 1.165) is 31.5 Å². The molecule has 1 N–H and O–H groups in total. The molecular weight excluding hydrogens is 274 g/mol. The number of rotatable bonds is 4. The van der Waals surface area contributed by atoms with Gasteiger partial charge in [-0.3, -0.25) is 4.79 Å². The number of benzene rings is 1. The number of nitrogens with one attached hydrogen (secondary N) is 1. The van der Waals surface area contributed by atoms with E-state index in [1.54, 1.807) is 4.90 Å². The molecule has 0 radical (unpaired) electrons. The van der Waals surface area contributed by atoms with Crippen molar-refractivity contribution in [1.82, 2.24) is 10.2 Å². The molecule has 1 amide bonds. The van der Waals surface area contributed by atoms with Crippen molar-refractivity contribution in [3.8, 4) is 0 Å². The molecular formula is C16H22F2N2O. The molecule has 1 unspecified atom stereocenters. The summed E-state index contributed by atoms with van der Waals surface area (Å²) in [4.78, 5) is 14.0. The van der Waals surface area contributed by atoms with E-state index in [-0.39, 0.29) is 11.5 Å². The predicted molar refractivity (Wildman–Crippen MR) is 78.1 cm³/mol. The molecule has 1 fully saturated rings. The normalized spacial score (nSPS) is 19.1. The summed E-state index contributed by atoms with van der Waals surface area (Å²) in [5.41, 5.74) is -0.0473. The van der Waals surface area contributed by atoms with Gasteiger partial charge in [0.1, 0.15) is 11.6 Å². The van der Waals surface area contributed by atoms with Crippen molar-refractivity contribution in [3.63, 3.8) is 0 Å². The van der Waals surface area contributed by atoms with Crippen LogP contribution in [-0.4, -0.2) is 36.5 Å². The summed E-state index contributed by atoms with van der Waals surface area (Å²) >= 11 is 0. The van der Waals surface area contributed by atoms with E-state index >= 15 is 0 Å². The summed E-state index contributed by atoms with van der Waals surface area (Å²) < 4.78 is 26.6. The molecule has 1 aromatic rings. The Kier molecular flexibility index (Phi) is 5.28. The number of halogens is 2. The maximum Gasteiger partial charge on any atom is 0.256 e. The van der Waals surface area contributed by atoms with Crippen molar-refractivity contribution >= 4 is 5.91 Å². The Labute approximate surface area is 124 Å². The van der Waals surface area contributed by atoms with Gasteiger partial charge >= 0.3 is 0 Å². The Balaban J connectivity index is 2.01. The number of amides is 1. The molecule has 0 saturated carbocycles. The summed E-state index contributed by atoms with van der Waals surface area (Å²) in [6.07, 6.45) is 1.98. The van der Waals surface area contributed by atoms with Gasteiger partial charge in [-0.25, -0.2) is 8.78 Å². The Morgan fingerprint density at radius 1 is 1.43 bits per heavy atom. The van der Waals surface area contributed by atoms with Crippen LogP contribution in [0.3, 0.4) is 0 Å². The van der Waals surface area contributed by atoms with E-state index in [2.05, 4.69) is 19.2 Å². The first-order valence-electron chi connectivity index (χ1n) is 7.45. The van der Waals surface area contributed by atoms with Crippen LogP contribution in [0.5, 0.6) is 0 Å². The number of nitrogens with zero attached hydrogens (tertiary/aromatic N) is 1. The fourth-order valence-electron chi connectivity index (χ4n) is 2.65. The van der Waals surface area contributed by atoms with Crippen LogP contribution >= 0.6 is 0 Å². The summed E-state index contributed by atoms with van der Waals surface area (Å²) in [6.45, 7) is 6.27. The molecule has 1 saturated heterocycles. The SMILES string of the molecule is CC(C)NCC1CCCN(C(=O)c2ccc(F)cc2F)C1. The minimum Gasteiger partial charge on any atom is -0.338 e. The van der Waals surface area contributed by atoms with E-state index in [9.17, 15) is 13.6 Å². The van der Waals surface area contributed by atoms with Gasteiger partial charge in [0.05, 0.1) is 5.56 Å². The number of carbonyl (C=O) groups excluding carboxylic acids is 1. The highest BCUT2D eigenvalue weighted by molar-refractivity contribution is 5.94. The topological polar surface area (TPSA) is 32.3 Å². The van der Waals surface area contributed by atoms with E-state index in [4.69, 9.17) is 0 Å². The van der Waals surface area contributed by atoms with Gasteiger partial charge in [0.25, 0.3) is 5.91 Å². The third kappa shape index (κ3) is 4.24. The molecule has 1 heterocycles. The molecule has 3 nitrogen and oxygen atoms in total. The molecule has 1 aromatic carbocycles. The van der Waals surface area contributed by atoms with Crippen LogP contribution in [0.15, 0.2) is 18.2 Å². The maximum absolute atomic E-state index is 13.7. The van der Waals surface area contributed by atoms with Crippen molar-refractivity contribution in [2.45, 2.75) is 32.7 Å². The molecule has 116 valence electrons. The van der Waals surface area contributed by atoms with Gasteiger partial charge in [0, 0.05) is 25.2 Å². The van der Waals surface area contributed by atoms with Gasteiger partial charge in [-0.15, -0.1) is 0 Å². The number of hydrogen-bond donors (Lipinski definition) is 1. The van der Waals surface area contributed by atoms with E-state index in [1.165, 1.54) is 6.07 Å². The molecule has 1 aliphatic rings. The summed E-state index contributed by atoms with van der Waals surface area (Å²) in [5.74, 6) is -1.42. The van der Waals surface area contributed by atoms with Crippen molar-refractivity contribution in [2.75, 3.05) is 19.6 Å².